The monoisotopic (exact) mass is 984 g/mol. The zero-order valence-corrected chi connectivity index (χ0v) is 47.0. The van der Waals surface area contributed by atoms with Crippen molar-refractivity contribution in [1.29, 1.82) is 0 Å². The van der Waals surface area contributed by atoms with Crippen molar-refractivity contribution in [2.45, 2.75) is 347 Å². The van der Waals surface area contributed by atoms with Gasteiger partial charge in [0.25, 0.3) is 0 Å². The molecule has 0 rings (SSSR count). The van der Waals surface area contributed by atoms with E-state index < -0.39 is 12.1 Å². The molecule has 6 nitrogen and oxygen atoms in total. The van der Waals surface area contributed by atoms with E-state index in [4.69, 9.17) is 4.74 Å². The topological polar surface area (TPSA) is 95.9 Å². The average molecular weight is 985 g/mol. The maximum Gasteiger partial charge on any atom is 0.305 e. The number of carbonyl (C=O) groups excluding carboxylic acids is 2. The fourth-order valence-corrected chi connectivity index (χ4v) is 9.61. The molecule has 0 aromatic rings. The standard InChI is InChI=1S/C64H121NO5/c1-3-5-7-9-11-13-15-17-19-28-32-36-40-44-48-52-56-62(67)61(60-66)65-63(68)57-53-49-45-41-37-33-29-26-24-22-21-23-25-27-31-35-39-43-47-51-55-59-70-64(69)58-54-50-46-42-38-34-30-20-18-16-14-12-10-8-6-4-2/h14,16,20,22,24,30,61-62,66-67H,3-13,15,17-19,21,23,25-29,31-60H2,1-2H3,(H,65,68)/b16-14-,24-22-,30-20-. The number of allylic oxidation sites excluding steroid dienone is 6. The van der Waals surface area contributed by atoms with Crippen molar-refractivity contribution in [3.05, 3.63) is 36.5 Å². The predicted molar refractivity (Wildman–Crippen MR) is 306 cm³/mol. The first-order valence-electron chi connectivity index (χ1n) is 31.2. The molecule has 0 aliphatic rings. The fourth-order valence-electron chi connectivity index (χ4n) is 9.61. The van der Waals surface area contributed by atoms with Gasteiger partial charge in [-0.1, -0.05) is 275 Å². The van der Waals surface area contributed by atoms with Gasteiger partial charge in [-0.15, -0.1) is 0 Å². The maximum absolute atomic E-state index is 12.5. The molecular weight excluding hydrogens is 863 g/mol. The normalized spacial score (nSPS) is 12.8. The molecule has 0 radical (unpaired) electrons. The fraction of sp³-hybridized carbons (Fsp3) is 0.875. The smallest absolute Gasteiger partial charge is 0.305 e. The molecule has 0 aromatic heterocycles. The summed E-state index contributed by atoms with van der Waals surface area (Å²) in [6.45, 7) is 4.94. The van der Waals surface area contributed by atoms with Crippen molar-refractivity contribution in [3.8, 4) is 0 Å². The Morgan fingerprint density at radius 2 is 0.714 bits per heavy atom. The SMILES string of the molecule is CCCCCC/C=C\C/C=C\CCCCCCCC(=O)OCCCCCCCCCCCC/C=C\CCCCCCCCCC(=O)NC(CO)C(O)CCCCCCCCCCCCCCCCCC. The summed E-state index contributed by atoms with van der Waals surface area (Å²) in [6.07, 6.45) is 74.3. The summed E-state index contributed by atoms with van der Waals surface area (Å²) < 4.78 is 5.48. The third-order valence-electron chi connectivity index (χ3n) is 14.4. The van der Waals surface area contributed by atoms with Crippen LogP contribution in [0.3, 0.4) is 0 Å². The Hall–Kier alpha value is -1.92. The van der Waals surface area contributed by atoms with E-state index in [1.54, 1.807) is 0 Å². The minimum absolute atomic E-state index is 0.00509. The molecule has 2 atom stereocenters. The third kappa shape index (κ3) is 55.4. The van der Waals surface area contributed by atoms with Gasteiger partial charge >= 0.3 is 5.97 Å². The van der Waals surface area contributed by atoms with Gasteiger partial charge in [-0.25, -0.2) is 0 Å². The van der Waals surface area contributed by atoms with Gasteiger partial charge in [0.05, 0.1) is 25.4 Å². The van der Waals surface area contributed by atoms with E-state index in [-0.39, 0.29) is 18.5 Å². The molecule has 3 N–H and O–H groups in total. The van der Waals surface area contributed by atoms with Crippen LogP contribution in [-0.4, -0.2) is 47.4 Å². The van der Waals surface area contributed by atoms with Crippen LogP contribution >= 0.6 is 0 Å². The second-order valence-electron chi connectivity index (χ2n) is 21.4. The van der Waals surface area contributed by atoms with Gasteiger partial charge in [0.1, 0.15) is 0 Å². The number of esters is 1. The number of amides is 1. The minimum Gasteiger partial charge on any atom is -0.466 e. The van der Waals surface area contributed by atoms with Crippen LogP contribution in [0.15, 0.2) is 36.5 Å². The van der Waals surface area contributed by atoms with E-state index in [1.807, 2.05) is 0 Å². The largest absolute Gasteiger partial charge is 0.466 e. The number of aliphatic hydroxyl groups excluding tert-OH is 2. The molecule has 0 saturated heterocycles. The van der Waals surface area contributed by atoms with Crippen molar-refractivity contribution in [1.82, 2.24) is 5.32 Å². The highest BCUT2D eigenvalue weighted by molar-refractivity contribution is 5.76. The molecule has 1 amide bonds. The van der Waals surface area contributed by atoms with Crippen LogP contribution in [0.5, 0.6) is 0 Å². The summed E-state index contributed by atoms with van der Waals surface area (Å²) in [5.41, 5.74) is 0. The Balaban J connectivity index is 3.43. The molecule has 0 aliphatic heterocycles. The van der Waals surface area contributed by atoms with Crippen LogP contribution in [0.4, 0.5) is 0 Å². The number of hydrogen-bond donors (Lipinski definition) is 3. The van der Waals surface area contributed by atoms with E-state index in [0.29, 0.717) is 25.9 Å². The first kappa shape index (κ1) is 68.1. The van der Waals surface area contributed by atoms with Crippen LogP contribution < -0.4 is 5.32 Å². The molecule has 0 aromatic carbocycles. The second kappa shape index (κ2) is 59.6. The Bertz CT molecular complexity index is 1130. The van der Waals surface area contributed by atoms with E-state index in [9.17, 15) is 19.8 Å². The molecule has 0 bridgehead atoms. The van der Waals surface area contributed by atoms with Crippen molar-refractivity contribution in [2.75, 3.05) is 13.2 Å². The zero-order valence-electron chi connectivity index (χ0n) is 47.0. The van der Waals surface area contributed by atoms with Gasteiger partial charge in [-0.3, -0.25) is 9.59 Å². The van der Waals surface area contributed by atoms with E-state index in [1.165, 1.54) is 250 Å². The molecule has 412 valence electrons. The first-order valence-corrected chi connectivity index (χ1v) is 31.2. The molecule has 0 spiro atoms. The molecule has 0 heterocycles. The van der Waals surface area contributed by atoms with Crippen LogP contribution in [0.25, 0.3) is 0 Å². The van der Waals surface area contributed by atoms with Crippen LogP contribution in [0.2, 0.25) is 0 Å². The third-order valence-corrected chi connectivity index (χ3v) is 14.4. The van der Waals surface area contributed by atoms with Crippen LogP contribution in [0, 0.1) is 0 Å². The van der Waals surface area contributed by atoms with Gasteiger partial charge in [0.2, 0.25) is 5.91 Å². The van der Waals surface area contributed by atoms with Gasteiger partial charge in [-0.05, 0) is 83.5 Å². The molecule has 2 unspecified atom stereocenters. The lowest BCUT2D eigenvalue weighted by Gasteiger charge is -2.22. The van der Waals surface area contributed by atoms with Crippen molar-refractivity contribution < 1.29 is 24.5 Å². The van der Waals surface area contributed by atoms with E-state index >= 15 is 0 Å². The highest BCUT2D eigenvalue weighted by Gasteiger charge is 2.20. The molecule has 6 heteroatoms. The predicted octanol–water partition coefficient (Wildman–Crippen LogP) is 19.6. The number of nitrogens with one attached hydrogen (secondary N) is 1. The van der Waals surface area contributed by atoms with Gasteiger partial charge in [0.15, 0.2) is 0 Å². The second-order valence-corrected chi connectivity index (χ2v) is 21.4. The Morgan fingerprint density at radius 1 is 0.400 bits per heavy atom. The zero-order chi connectivity index (χ0) is 50.7. The van der Waals surface area contributed by atoms with Gasteiger partial charge in [-0.2, -0.15) is 0 Å². The molecule has 70 heavy (non-hydrogen) atoms. The lowest BCUT2D eigenvalue weighted by molar-refractivity contribution is -0.143. The summed E-state index contributed by atoms with van der Waals surface area (Å²) in [6, 6.07) is -0.548. The summed E-state index contributed by atoms with van der Waals surface area (Å²) in [5, 5.41) is 23.3. The van der Waals surface area contributed by atoms with Crippen LogP contribution in [-0.2, 0) is 14.3 Å². The van der Waals surface area contributed by atoms with E-state index in [0.717, 1.165) is 51.4 Å². The first-order chi connectivity index (χ1) is 34.5. The highest BCUT2D eigenvalue weighted by Crippen LogP contribution is 2.17. The lowest BCUT2D eigenvalue weighted by atomic mass is 10.0. The van der Waals surface area contributed by atoms with Gasteiger partial charge in [0, 0.05) is 12.8 Å². The van der Waals surface area contributed by atoms with Crippen molar-refractivity contribution in [3.63, 3.8) is 0 Å². The number of rotatable bonds is 58. The number of unbranched alkanes of at least 4 members (excludes halogenated alkanes) is 41. The quantitative estimate of drug-likeness (QED) is 0.0321. The van der Waals surface area contributed by atoms with Crippen LogP contribution in [0.1, 0.15) is 335 Å². The van der Waals surface area contributed by atoms with Crippen molar-refractivity contribution >= 4 is 11.9 Å². The number of hydrogen-bond acceptors (Lipinski definition) is 5. The number of carbonyl (C=O) groups is 2. The Morgan fingerprint density at radius 3 is 1.11 bits per heavy atom. The average Bonchev–Trinajstić information content (AvgIpc) is 3.36. The van der Waals surface area contributed by atoms with Gasteiger partial charge < -0.3 is 20.3 Å². The Labute approximate surface area is 436 Å². The maximum atomic E-state index is 12.5. The number of aliphatic hydroxyl groups is 2. The van der Waals surface area contributed by atoms with E-state index in [2.05, 4.69) is 55.6 Å². The van der Waals surface area contributed by atoms with Crippen molar-refractivity contribution in [2.24, 2.45) is 0 Å². The summed E-state index contributed by atoms with van der Waals surface area (Å²) in [4.78, 5) is 24.6. The lowest BCUT2D eigenvalue weighted by Crippen LogP contribution is -2.45. The Kier molecular flexibility index (Phi) is 58.0. The molecule has 0 fully saturated rings. The molecule has 0 aliphatic carbocycles. The minimum atomic E-state index is -0.670. The molecule has 0 saturated carbocycles. The summed E-state index contributed by atoms with van der Waals surface area (Å²) >= 11 is 0. The molecular formula is C64H121NO5. The summed E-state index contributed by atoms with van der Waals surface area (Å²) in [7, 11) is 0. The summed E-state index contributed by atoms with van der Waals surface area (Å²) in [5.74, 6) is -0.0465. The number of ether oxygens (including phenoxy) is 1. The highest BCUT2D eigenvalue weighted by atomic mass is 16.5.